The minimum absolute atomic E-state index is 0.858. The van der Waals surface area contributed by atoms with Crippen LogP contribution in [0.2, 0.25) is 0 Å². The minimum Gasteiger partial charge on any atom is -0.380 e. The number of rotatable bonds is 3. The van der Waals surface area contributed by atoms with E-state index in [4.69, 9.17) is 0 Å². The van der Waals surface area contributed by atoms with E-state index in [0.717, 1.165) is 17.7 Å². The summed E-state index contributed by atoms with van der Waals surface area (Å²) < 4.78 is 0. The highest BCUT2D eigenvalue weighted by molar-refractivity contribution is 7.07. The fourth-order valence-electron chi connectivity index (χ4n) is 2.06. The van der Waals surface area contributed by atoms with Crippen molar-refractivity contribution in [2.24, 2.45) is 0 Å². The molecule has 3 heteroatoms. The summed E-state index contributed by atoms with van der Waals surface area (Å²) in [6.07, 6.45) is 1.85. The molecule has 0 amide bonds. The van der Waals surface area contributed by atoms with Gasteiger partial charge >= 0.3 is 0 Å². The monoisotopic (exact) mass is 254 g/mol. The van der Waals surface area contributed by atoms with Crippen molar-refractivity contribution in [2.75, 3.05) is 5.32 Å². The molecule has 2 aromatic heterocycles. The summed E-state index contributed by atoms with van der Waals surface area (Å²) in [5.41, 5.74) is 4.76. The van der Waals surface area contributed by atoms with E-state index in [-0.39, 0.29) is 0 Å². The first-order chi connectivity index (χ1) is 8.84. The zero-order valence-corrected chi connectivity index (χ0v) is 11.0. The number of fused-ring (bicyclic) bond motifs is 1. The van der Waals surface area contributed by atoms with Crippen LogP contribution in [0, 0.1) is 6.92 Å². The van der Waals surface area contributed by atoms with Crippen LogP contribution in [0.25, 0.3) is 10.9 Å². The number of pyridine rings is 1. The van der Waals surface area contributed by atoms with E-state index in [1.807, 2.05) is 12.3 Å². The predicted octanol–water partition coefficient (Wildman–Crippen LogP) is 4.22. The molecule has 0 aliphatic carbocycles. The van der Waals surface area contributed by atoms with Crippen molar-refractivity contribution in [1.82, 2.24) is 4.98 Å². The third kappa shape index (κ3) is 2.09. The van der Waals surface area contributed by atoms with Crippen molar-refractivity contribution in [1.29, 1.82) is 0 Å². The summed E-state index contributed by atoms with van der Waals surface area (Å²) in [5.74, 6) is 0. The van der Waals surface area contributed by atoms with E-state index in [0.29, 0.717) is 0 Å². The van der Waals surface area contributed by atoms with Crippen LogP contribution in [0.5, 0.6) is 0 Å². The Kier molecular flexibility index (Phi) is 2.99. The average molecular weight is 254 g/mol. The summed E-state index contributed by atoms with van der Waals surface area (Å²) in [4.78, 5) is 4.45. The van der Waals surface area contributed by atoms with Crippen molar-refractivity contribution in [2.45, 2.75) is 13.5 Å². The second-order valence-electron chi connectivity index (χ2n) is 4.31. The van der Waals surface area contributed by atoms with Crippen LogP contribution in [-0.4, -0.2) is 4.98 Å². The highest BCUT2D eigenvalue weighted by Gasteiger charge is 2.03. The van der Waals surface area contributed by atoms with Crippen molar-refractivity contribution < 1.29 is 0 Å². The van der Waals surface area contributed by atoms with Gasteiger partial charge in [-0.3, -0.25) is 4.98 Å². The summed E-state index contributed by atoms with van der Waals surface area (Å²) in [7, 11) is 0. The summed E-state index contributed by atoms with van der Waals surface area (Å²) in [6.45, 7) is 2.95. The maximum atomic E-state index is 4.45. The van der Waals surface area contributed by atoms with Gasteiger partial charge in [0.25, 0.3) is 0 Å². The lowest BCUT2D eigenvalue weighted by molar-refractivity contribution is 1.17. The highest BCUT2D eigenvalue weighted by Crippen LogP contribution is 2.25. The first kappa shape index (κ1) is 11.2. The Hall–Kier alpha value is -1.87. The van der Waals surface area contributed by atoms with Gasteiger partial charge in [-0.15, -0.1) is 0 Å². The molecule has 3 aromatic rings. The fraction of sp³-hybridized carbons (Fsp3) is 0.133. The minimum atomic E-state index is 0.858. The van der Waals surface area contributed by atoms with Gasteiger partial charge in [0.2, 0.25) is 0 Å². The van der Waals surface area contributed by atoms with Crippen LogP contribution in [0.15, 0.2) is 47.3 Å². The van der Waals surface area contributed by atoms with Gasteiger partial charge in [0.05, 0.1) is 5.52 Å². The Labute approximate surface area is 110 Å². The number of hydrogen-bond donors (Lipinski definition) is 1. The number of anilines is 1. The zero-order valence-electron chi connectivity index (χ0n) is 10.2. The largest absolute Gasteiger partial charge is 0.380 e. The Morgan fingerprint density at radius 2 is 2.17 bits per heavy atom. The molecule has 3 rings (SSSR count). The van der Waals surface area contributed by atoms with Gasteiger partial charge in [-0.2, -0.15) is 11.3 Å². The fourth-order valence-corrected chi connectivity index (χ4v) is 2.73. The normalized spacial score (nSPS) is 10.7. The van der Waals surface area contributed by atoms with Crippen LogP contribution in [0.1, 0.15) is 11.1 Å². The molecule has 0 radical (unpaired) electrons. The number of hydrogen-bond acceptors (Lipinski definition) is 3. The van der Waals surface area contributed by atoms with E-state index < -0.39 is 0 Å². The van der Waals surface area contributed by atoms with Crippen molar-refractivity contribution in [3.63, 3.8) is 0 Å². The molecule has 0 unspecified atom stereocenters. The SMILES string of the molecule is Cc1ccc(NCc2ccsc2)c2cccnc12. The quantitative estimate of drug-likeness (QED) is 0.757. The molecule has 0 saturated heterocycles. The number of thiophene rings is 1. The molecule has 0 spiro atoms. The van der Waals surface area contributed by atoms with Crippen molar-refractivity contribution >= 4 is 27.9 Å². The van der Waals surface area contributed by atoms with Crippen molar-refractivity contribution in [3.05, 3.63) is 58.4 Å². The molecule has 1 aromatic carbocycles. The zero-order chi connectivity index (χ0) is 12.4. The molecule has 0 atom stereocenters. The summed E-state index contributed by atoms with van der Waals surface area (Å²) in [6, 6.07) is 10.5. The molecule has 1 N–H and O–H groups in total. The van der Waals surface area contributed by atoms with E-state index >= 15 is 0 Å². The molecule has 2 heterocycles. The lowest BCUT2D eigenvalue weighted by atomic mass is 10.1. The van der Waals surface area contributed by atoms with E-state index in [2.05, 4.69) is 52.3 Å². The lowest BCUT2D eigenvalue weighted by Gasteiger charge is -2.10. The van der Waals surface area contributed by atoms with Gasteiger partial charge in [0.15, 0.2) is 0 Å². The lowest BCUT2D eigenvalue weighted by Crippen LogP contribution is -1.99. The van der Waals surface area contributed by atoms with Gasteiger partial charge < -0.3 is 5.32 Å². The average Bonchev–Trinajstić information content (AvgIpc) is 2.92. The molecule has 0 bridgehead atoms. The molecular formula is C15H14N2S. The second kappa shape index (κ2) is 4.78. The van der Waals surface area contributed by atoms with E-state index in [1.165, 1.54) is 16.5 Å². The maximum absolute atomic E-state index is 4.45. The van der Waals surface area contributed by atoms with Crippen LogP contribution < -0.4 is 5.32 Å². The molecule has 0 aliphatic heterocycles. The third-order valence-corrected chi connectivity index (χ3v) is 3.77. The van der Waals surface area contributed by atoms with E-state index in [1.54, 1.807) is 11.3 Å². The predicted molar refractivity (Wildman–Crippen MR) is 78.1 cm³/mol. The number of benzene rings is 1. The molecule has 0 aliphatic rings. The van der Waals surface area contributed by atoms with Crippen LogP contribution in [0.3, 0.4) is 0 Å². The van der Waals surface area contributed by atoms with Crippen LogP contribution >= 0.6 is 11.3 Å². The first-order valence-electron chi connectivity index (χ1n) is 5.94. The Morgan fingerprint density at radius 3 is 3.00 bits per heavy atom. The van der Waals surface area contributed by atoms with Gasteiger partial charge in [-0.25, -0.2) is 0 Å². The second-order valence-corrected chi connectivity index (χ2v) is 5.09. The molecule has 18 heavy (non-hydrogen) atoms. The molecule has 0 saturated carbocycles. The number of nitrogens with one attached hydrogen (secondary N) is 1. The van der Waals surface area contributed by atoms with Crippen molar-refractivity contribution in [3.8, 4) is 0 Å². The third-order valence-electron chi connectivity index (χ3n) is 3.03. The molecule has 2 nitrogen and oxygen atoms in total. The van der Waals surface area contributed by atoms with E-state index in [9.17, 15) is 0 Å². The molecular weight excluding hydrogens is 240 g/mol. The maximum Gasteiger partial charge on any atom is 0.0751 e. The first-order valence-corrected chi connectivity index (χ1v) is 6.88. The van der Waals surface area contributed by atoms with Crippen LogP contribution in [0.4, 0.5) is 5.69 Å². The smallest absolute Gasteiger partial charge is 0.0751 e. The topological polar surface area (TPSA) is 24.9 Å². The Morgan fingerprint density at radius 1 is 1.22 bits per heavy atom. The van der Waals surface area contributed by atoms with Crippen LogP contribution in [-0.2, 0) is 6.54 Å². The summed E-state index contributed by atoms with van der Waals surface area (Å²) in [5, 5.41) is 8.94. The number of aryl methyl sites for hydroxylation is 1. The Balaban J connectivity index is 1.94. The van der Waals surface area contributed by atoms with Gasteiger partial charge in [-0.1, -0.05) is 6.07 Å². The number of nitrogens with zero attached hydrogens (tertiary/aromatic N) is 1. The Bertz CT molecular complexity index is 659. The highest BCUT2D eigenvalue weighted by atomic mass is 32.1. The molecule has 90 valence electrons. The van der Waals surface area contributed by atoms with Gasteiger partial charge in [0, 0.05) is 23.8 Å². The standard InChI is InChI=1S/C15H14N2S/c1-11-4-5-14(13-3-2-7-16-15(11)13)17-9-12-6-8-18-10-12/h2-8,10,17H,9H2,1H3. The number of aromatic nitrogens is 1. The summed E-state index contributed by atoms with van der Waals surface area (Å²) >= 11 is 1.73. The molecule has 0 fully saturated rings. The van der Waals surface area contributed by atoms with Gasteiger partial charge in [0.1, 0.15) is 0 Å². The van der Waals surface area contributed by atoms with Gasteiger partial charge in [-0.05, 0) is 53.1 Å².